The second kappa shape index (κ2) is 8.45. The molecule has 0 bridgehead atoms. The zero-order chi connectivity index (χ0) is 13.4. The standard InChI is InChI=1S/C13H27N3O2/c1-3-16(9-10-18-4-2)8-7-12(13(14)17)15-11-5-6-11/h11-12,15H,3-10H2,1-2H3,(H2,14,17). The summed E-state index contributed by atoms with van der Waals surface area (Å²) in [5.41, 5.74) is 5.42. The van der Waals surface area contributed by atoms with Crippen molar-refractivity contribution >= 4 is 5.91 Å². The van der Waals surface area contributed by atoms with Crippen molar-refractivity contribution in [2.24, 2.45) is 5.73 Å². The predicted octanol–water partition coefficient (Wildman–Crippen LogP) is 0.341. The average molecular weight is 257 g/mol. The number of hydrogen-bond acceptors (Lipinski definition) is 4. The number of carbonyl (C=O) groups excluding carboxylic acids is 1. The van der Waals surface area contributed by atoms with Gasteiger partial charge in [0.25, 0.3) is 0 Å². The van der Waals surface area contributed by atoms with Gasteiger partial charge < -0.3 is 20.7 Å². The van der Waals surface area contributed by atoms with Gasteiger partial charge in [-0.05, 0) is 32.7 Å². The number of nitrogens with one attached hydrogen (secondary N) is 1. The van der Waals surface area contributed by atoms with Crippen LogP contribution < -0.4 is 11.1 Å². The molecule has 0 aromatic rings. The Kier molecular flexibility index (Phi) is 7.23. The number of rotatable bonds is 11. The Bertz CT molecular complexity index is 244. The maximum Gasteiger partial charge on any atom is 0.234 e. The number of nitrogens with two attached hydrogens (primary N) is 1. The van der Waals surface area contributed by atoms with E-state index in [4.69, 9.17) is 10.5 Å². The summed E-state index contributed by atoms with van der Waals surface area (Å²) in [5, 5.41) is 3.30. The maximum absolute atomic E-state index is 11.3. The summed E-state index contributed by atoms with van der Waals surface area (Å²) in [6.07, 6.45) is 3.13. The van der Waals surface area contributed by atoms with Crippen LogP contribution in [-0.2, 0) is 9.53 Å². The van der Waals surface area contributed by atoms with Gasteiger partial charge in [-0.3, -0.25) is 4.79 Å². The summed E-state index contributed by atoms with van der Waals surface area (Å²) in [6, 6.07) is 0.333. The van der Waals surface area contributed by atoms with Crippen LogP contribution in [0.2, 0.25) is 0 Å². The first-order chi connectivity index (χ1) is 8.67. The van der Waals surface area contributed by atoms with E-state index in [-0.39, 0.29) is 11.9 Å². The summed E-state index contributed by atoms with van der Waals surface area (Å²) in [7, 11) is 0. The van der Waals surface area contributed by atoms with Crippen molar-refractivity contribution in [1.29, 1.82) is 0 Å². The van der Waals surface area contributed by atoms with E-state index in [0.29, 0.717) is 6.04 Å². The van der Waals surface area contributed by atoms with Crippen LogP contribution in [0.1, 0.15) is 33.1 Å². The number of hydrogen-bond donors (Lipinski definition) is 2. The molecule has 1 rings (SSSR count). The maximum atomic E-state index is 11.3. The van der Waals surface area contributed by atoms with E-state index in [1.54, 1.807) is 0 Å². The van der Waals surface area contributed by atoms with Crippen molar-refractivity contribution in [3.8, 4) is 0 Å². The molecule has 5 nitrogen and oxygen atoms in total. The molecule has 1 fully saturated rings. The molecule has 1 unspecified atom stereocenters. The molecule has 0 aromatic carbocycles. The molecule has 0 aromatic heterocycles. The van der Waals surface area contributed by atoms with Crippen molar-refractivity contribution < 1.29 is 9.53 Å². The van der Waals surface area contributed by atoms with Crippen LogP contribution in [0.5, 0.6) is 0 Å². The van der Waals surface area contributed by atoms with Crippen LogP contribution in [0.15, 0.2) is 0 Å². The Morgan fingerprint density at radius 2 is 2.17 bits per heavy atom. The molecule has 1 atom stereocenters. The molecule has 1 amide bonds. The number of ether oxygens (including phenoxy) is 1. The van der Waals surface area contributed by atoms with Gasteiger partial charge in [0.05, 0.1) is 12.6 Å². The molecule has 106 valence electrons. The molecular formula is C13H27N3O2. The Labute approximate surface area is 110 Å². The topological polar surface area (TPSA) is 67.6 Å². The van der Waals surface area contributed by atoms with Gasteiger partial charge in [0.2, 0.25) is 5.91 Å². The molecule has 0 aliphatic heterocycles. The molecule has 0 saturated heterocycles. The number of amides is 1. The van der Waals surface area contributed by atoms with Crippen LogP contribution in [0.3, 0.4) is 0 Å². The molecule has 0 heterocycles. The van der Waals surface area contributed by atoms with Crippen molar-refractivity contribution in [2.45, 2.75) is 45.2 Å². The largest absolute Gasteiger partial charge is 0.380 e. The lowest BCUT2D eigenvalue weighted by atomic mass is 10.2. The van der Waals surface area contributed by atoms with Gasteiger partial charge in [0.15, 0.2) is 0 Å². The third-order valence-corrected chi connectivity index (χ3v) is 3.29. The van der Waals surface area contributed by atoms with E-state index in [9.17, 15) is 4.79 Å². The number of likely N-dealkylation sites (N-methyl/N-ethyl adjacent to an activating group) is 1. The molecule has 3 N–H and O–H groups in total. The van der Waals surface area contributed by atoms with Crippen molar-refractivity contribution in [1.82, 2.24) is 10.2 Å². The lowest BCUT2D eigenvalue weighted by molar-refractivity contribution is -0.120. The van der Waals surface area contributed by atoms with Crippen LogP contribution in [-0.4, -0.2) is 55.7 Å². The van der Waals surface area contributed by atoms with Gasteiger partial charge in [-0.15, -0.1) is 0 Å². The van der Waals surface area contributed by atoms with Gasteiger partial charge in [-0.25, -0.2) is 0 Å². The molecule has 0 radical (unpaired) electrons. The molecule has 1 aliphatic carbocycles. The fraction of sp³-hybridized carbons (Fsp3) is 0.923. The first kappa shape index (κ1) is 15.4. The quantitative estimate of drug-likeness (QED) is 0.524. The third-order valence-electron chi connectivity index (χ3n) is 3.29. The second-order valence-electron chi connectivity index (χ2n) is 4.82. The monoisotopic (exact) mass is 257 g/mol. The van der Waals surface area contributed by atoms with Gasteiger partial charge >= 0.3 is 0 Å². The Balaban J connectivity index is 2.22. The van der Waals surface area contributed by atoms with Gasteiger partial charge in [-0.2, -0.15) is 0 Å². The lowest BCUT2D eigenvalue weighted by Crippen LogP contribution is -2.44. The second-order valence-corrected chi connectivity index (χ2v) is 4.82. The summed E-state index contributed by atoms with van der Waals surface area (Å²) in [4.78, 5) is 13.6. The first-order valence-corrected chi connectivity index (χ1v) is 7.02. The van der Waals surface area contributed by atoms with Crippen LogP contribution in [0, 0.1) is 0 Å². The number of nitrogens with zero attached hydrogens (tertiary/aromatic N) is 1. The fourth-order valence-electron chi connectivity index (χ4n) is 1.92. The summed E-state index contributed by atoms with van der Waals surface area (Å²) in [5.74, 6) is -0.234. The van der Waals surface area contributed by atoms with Gasteiger partial charge in [-0.1, -0.05) is 6.92 Å². The Morgan fingerprint density at radius 1 is 1.44 bits per heavy atom. The molecular weight excluding hydrogens is 230 g/mol. The molecule has 18 heavy (non-hydrogen) atoms. The van der Waals surface area contributed by atoms with Crippen molar-refractivity contribution in [3.05, 3.63) is 0 Å². The third kappa shape index (κ3) is 6.33. The smallest absolute Gasteiger partial charge is 0.234 e. The number of carbonyl (C=O) groups is 1. The summed E-state index contributed by atoms with van der Waals surface area (Å²) >= 11 is 0. The molecule has 0 spiro atoms. The van der Waals surface area contributed by atoms with Gasteiger partial charge in [0, 0.05) is 25.7 Å². The minimum Gasteiger partial charge on any atom is -0.380 e. The van der Waals surface area contributed by atoms with Crippen LogP contribution >= 0.6 is 0 Å². The van der Waals surface area contributed by atoms with E-state index in [0.717, 1.165) is 39.3 Å². The van der Waals surface area contributed by atoms with Gasteiger partial charge in [0.1, 0.15) is 0 Å². The van der Waals surface area contributed by atoms with Crippen LogP contribution in [0.4, 0.5) is 0 Å². The highest BCUT2D eigenvalue weighted by Crippen LogP contribution is 2.19. The van der Waals surface area contributed by atoms with E-state index < -0.39 is 0 Å². The highest BCUT2D eigenvalue weighted by Gasteiger charge is 2.27. The molecule has 5 heteroatoms. The van der Waals surface area contributed by atoms with E-state index in [1.165, 1.54) is 12.8 Å². The minimum absolute atomic E-state index is 0.182. The zero-order valence-corrected chi connectivity index (χ0v) is 11.7. The zero-order valence-electron chi connectivity index (χ0n) is 11.7. The van der Waals surface area contributed by atoms with Crippen LogP contribution in [0.25, 0.3) is 0 Å². The number of primary amides is 1. The molecule has 1 aliphatic rings. The van der Waals surface area contributed by atoms with E-state index >= 15 is 0 Å². The SMILES string of the molecule is CCOCCN(CC)CCC(NC1CC1)C(N)=O. The Hall–Kier alpha value is -0.650. The summed E-state index contributed by atoms with van der Waals surface area (Å²) in [6.45, 7) is 8.41. The highest BCUT2D eigenvalue weighted by atomic mass is 16.5. The highest BCUT2D eigenvalue weighted by molar-refractivity contribution is 5.79. The van der Waals surface area contributed by atoms with E-state index in [1.807, 2.05) is 6.92 Å². The van der Waals surface area contributed by atoms with Crippen molar-refractivity contribution in [3.63, 3.8) is 0 Å². The predicted molar refractivity (Wildman–Crippen MR) is 72.4 cm³/mol. The van der Waals surface area contributed by atoms with Crippen molar-refractivity contribution in [2.75, 3.05) is 32.8 Å². The first-order valence-electron chi connectivity index (χ1n) is 7.02. The Morgan fingerprint density at radius 3 is 2.67 bits per heavy atom. The summed E-state index contributed by atoms with van der Waals surface area (Å²) < 4.78 is 5.35. The normalized spacial score (nSPS) is 17.1. The average Bonchev–Trinajstić information content (AvgIpc) is 3.15. The minimum atomic E-state index is -0.234. The lowest BCUT2D eigenvalue weighted by Gasteiger charge is -2.23. The fourth-order valence-corrected chi connectivity index (χ4v) is 1.92. The molecule has 1 saturated carbocycles. The van der Waals surface area contributed by atoms with E-state index in [2.05, 4.69) is 17.1 Å².